The monoisotopic (exact) mass is 311 g/mol. The van der Waals surface area contributed by atoms with Crippen molar-refractivity contribution in [1.82, 2.24) is 5.32 Å². The molecule has 1 N–H and O–H groups in total. The van der Waals surface area contributed by atoms with Gasteiger partial charge in [-0.2, -0.15) is 0 Å². The Morgan fingerprint density at radius 1 is 1.13 bits per heavy atom. The lowest BCUT2D eigenvalue weighted by molar-refractivity contribution is -0.119. The number of hydrogen-bond acceptors (Lipinski definition) is 3. The summed E-state index contributed by atoms with van der Waals surface area (Å²) in [5, 5.41) is 3.15. The molecule has 1 amide bonds. The largest absolute Gasteiger partial charge is 0.464 e. The lowest BCUT2D eigenvalue weighted by Gasteiger charge is -2.18. The summed E-state index contributed by atoms with van der Waals surface area (Å²) in [5.74, 6) is -0.687. The van der Waals surface area contributed by atoms with E-state index < -0.39 is 6.04 Å². The van der Waals surface area contributed by atoms with Gasteiger partial charge < -0.3 is 9.73 Å². The predicted octanol–water partition coefficient (Wildman–Crippen LogP) is 3.16. The fourth-order valence-corrected chi connectivity index (χ4v) is 2.49. The summed E-state index contributed by atoms with van der Waals surface area (Å²) in [5.41, 5.74) is 1.14. The van der Waals surface area contributed by atoms with E-state index in [0.29, 0.717) is 22.1 Å². The Balaban J connectivity index is 2.17. The van der Waals surface area contributed by atoms with Gasteiger partial charge >= 0.3 is 0 Å². The van der Waals surface area contributed by atoms with Gasteiger partial charge in [0.15, 0.2) is 5.43 Å². The summed E-state index contributed by atoms with van der Waals surface area (Å²) < 4.78 is 18.6. The lowest BCUT2D eigenvalue weighted by atomic mass is 9.98. The number of nitrogens with one attached hydrogen (secondary N) is 1. The molecule has 0 bridgehead atoms. The van der Waals surface area contributed by atoms with Crippen molar-refractivity contribution in [3.05, 3.63) is 82.0 Å². The van der Waals surface area contributed by atoms with E-state index in [1.165, 1.54) is 37.5 Å². The fraction of sp³-hybridized carbons (Fsp3) is 0.111. The van der Waals surface area contributed by atoms with Gasteiger partial charge in [0.25, 0.3) is 0 Å². The molecular formula is C18H14FNO3. The number of carbonyl (C=O) groups is 1. The Hall–Kier alpha value is -2.95. The van der Waals surface area contributed by atoms with Crippen LogP contribution in [0, 0.1) is 5.82 Å². The molecule has 0 radical (unpaired) electrons. The first-order valence-corrected chi connectivity index (χ1v) is 7.09. The van der Waals surface area contributed by atoms with Crippen molar-refractivity contribution in [3.8, 4) is 0 Å². The second-order valence-electron chi connectivity index (χ2n) is 5.20. The summed E-state index contributed by atoms with van der Waals surface area (Å²) in [4.78, 5) is 24.2. The predicted molar refractivity (Wildman–Crippen MR) is 84.5 cm³/mol. The van der Waals surface area contributed by atoms with Gasteiger partial charge in [-0.1, -0.05) is 24.3 Å². The molecule has 3 rings (SSSR count). The van der Waals surface area contributed by atoms with E-state index in [2.05, 4.69) is 5.32 Å². The topological polar surface area (TPSA) is 59.3 Å². The molecule has 1 unspecified atom stereocenters. The van der Waals surface area contributed by atoms with E-state index in [0.717, 1.165) is 0 Å². The van der Waals surface area contributed by atoms with Crippen LogP contribution in [0.4, 0.5) is 4.39 Å². The zero-order valence-electron chi connectivity index (χ0n) is 12.4. The minimum Gasteiger partial charge on any atom is -0.464 e. The second-order valence-corrected chi connectivity index (χ2v) is 5.20. The minimum absolute atomic E-state index is 0.227. The SMILES string of the molecule is CC(=O)NC(c1ccc(F)cc1)c1coc2ccccc2c1=O. The molecule has 116 valence electrons. The summed E-state index contributed by atoms with van der Waals surface area (Å²) in [6.07, 6.45) is 1.34. The molecule has 0 fully saturated rings. The van der Waals surface area contributed by atoms with Crippen LogP contribution in [0.15, 0.2) is 64.0 Å². The zero-order chi connectivity index (χ0) is 16.4. The van der Waals surface area contributed by atoms with Gasteiger partial charge in [-0.15, -0.1) is 0 Å². The molecule has 0 aliphatic rings. The van der Waals surface area contributed by atoms with E-state index in [-0.39, 0.29) is 17.2 Å². The molecule has 0 aliphatic heterocycles. The second kappa shape index (κ2) is 6.04. The van der Waals surface area contributed by atoms with Crippen LogP contribution < -0.4 is 10.7 Å². The van der Waals surface area contributed by atoms with Crippen LogP contribution in [0.2, 0.25) is 0 Å². The van der Waals surface area contributed by atoms with Gasteiger partial charge in [0.1, 0.15) is 17.7 Å². The summed E-state index contributed by atoms with van der Waals surface area (Å²) >= 11 is 0. The number of hydrogen-bond donors (Lipinski definition) is 1. The molecule has 1 aromatic heterocycles. The van der Waals surface area contributed by atoms with E-state index in [4.69, 9.17) is 4.42 Å². The van der Waals surface area contributed by atoms with Crippen molar-refractivity contribution in [2.75, 3.05) is 0 Å². The average molecular weight is 311 g/mol. The van der Waals surface area contributed by atoms with Gasteiger partial charge in [0.2, 0.25) is 5.91 Å². The molecular weight excluding hydrogens is 297 g/mol. The van der Waals surface area contributed by atoms with Crippen LogP contribution in [0.25, 0.3) is 11.0 Å². The highest BCUT2D eigenvalue weighted by atomic mass is 19.1. The van der Waals surface area contributed by atoms with E-state index in [1.54, 1.807) is 24.3 Å². The van der Waals surface area contributed by atoms with E-state index in [1.807, 2.05) is 0 Å². The van der Waals surface area contributed by atoms with Crippen LogP contribution in [-0.2, 0) is 4.79 Å². The molecule has 1 atom stereocenters. The third kappa shape index (κ3) is 2.99. The Kier molecular flexibility index (Phi) is 3.93. The first-order valence-electron chi connectivity index (χ1n) is 7.09. The standard InChI is InChI=1S/C18H14FNO3/c1-11(21)20-17(12-6-8-13(19)9-7-12)15-10-23-16-5-3-2-4-14(16)18(15)22/h2-10,17H,1H3,(H,20,21). The number of halogens is 1. The van der Waals surface area contributed by atoms with Crippen LogP contribution in [0.5, 0.6) is 0 Å². The summed E-state index contributed by atoms with van der Waals surface area (Å²) in [6.45, 7) is 1.36. The normalized spacial score (nSPS) is 12.1. The van der Waals surface area contributed by atoms with Gasteiger partial charge in [-0.05, 0) is 29.8 Å². The molecule has 2 aromatic carbocycles. The number of benzene rings is 2. The number of amides is 1. The first kappa shape index (κ1) is 15.0. The summed E-state index contributed by atoms with van der Waals surface area (Å²) in [6, 6.07) is 11.8. The van der Waals surface area contributed by atoms with Crippen molar-refractivity contribution in [2.24, 2.45) is 0 Å². The van der Waals surface area contributed by atoms with Crippen molar-refractivity contribution < 1.29 is 13.6 Å². The average Bonchev–Trinajstić information content (AvgIpc) is 2.54. The van der Waals surface area contributed by atoms with E-state index >= 15 is 0 Å². The van der Waals surface area contributed by atoms with Crippen molar-refractivity contribution in [2.45, 2.75) is 13.0 Å². The van der Waals surface area contributed by atoms with Gasteiger partial charge in [0, 0.05) is 6.92 Å². The lowest BCUT2D eigenvalue weighted by Crippen LogP contribution is -2.30. The molecule has 0 saturated heterocycles. The van der Waals surface area contributed by atoms with Crippen molar-refractivity contribution in [1.29, 1.82) is 0 Å². The molecule has 4 nitrogen and oxygen atoms in total. The Labute approximate surface area is 131 Å². The van der Waals surface area contributed by atoms with Gasteiger partial charge in [0.05, 0.1) is 17.0 Å². The molecule has 1 heterocycles. The maximum Gasteiger partial charge on any atom is 0.217 e. The van der Waals surface area contributed by atoms with Crippen molar-refractivity contribution in [3.63, 3.8) is 0 Å². The molecule has 0 saturated carbocycles. The molecule has 0 aliphatic carbocycles. The Morgan fingerprint density at radius 3 is 2.52 bits per heavy atom. The van der Waals surface area contributed by atoms with Crippen molar-refractivity contribution >= 4 is 16.9 Å². The van der Waals surface area contributed by atoms with E-state index in [9.17, 15) is 14.0 Å². The maximum atomic E-state index is 13.1. The quantitative estimate of drug-likeness (QED) is 0.808. The highest BCUT2D eigenvalue weighted by Gasteiger charge is 2.20. The number of carbonyl (C=O) groups excluding carboxylic acids is 1. The zero-order valence-corrected chi connectivity index (χ0v) is 12.4. The number of para-hydroxylation sites is 1. The first-order chi connectivity index (χ1) is 11.1. The maximum absolute atomic E-state index is 13.1. The Bertz CT molecular complexity index is 915. The molecule has 5 heteroatoms. The van der Waals surface area contributed by atoms with Crippen LogP contribution in [-0.4, -0.2) is 5.91 Å². The Morgan fingerprint density at radius 2 is 1.83 bits per heavy atom. The molecule has 0 spiro atoms. The minimum atomic E-state index is -0.700. The smallest absolute Gasteiger partial charge is 0.217 e. The third-order valence-corrected chi connectivity index (χ3v) is 3.57. The molecule has 23 heavy (non-hydrogen) atoms. The summed E-state index contributed by atoms with van der Waals surface area (Å²) in [7, 11) is 0. The highest BCUT2D eigenvalue weighted by molar-refractivity contribution is 5.78. The molecule has 3 aromatic rings. The van der Waals surface area contributed by atoms with Crippen LogP contribution in [0.1, 0.15) is 24.1 Å². The third-order valence-electron chi connectivity index (χ3n) is 3.57. The number of rotatable bonds is 3. The highest BCUT2D eigenvalue weighted by Crippen LogP contribution is 2.22. The number of fused-ring (bicyclic) bond motifs is 1. The fourth-order valence-electron chi connectivity index (χ4n) is 2.49. The van der Waals surface area contributed by atoms with Gasteiger partial charge in [-0.3, -0.25) is 9.59 Å². The van der Waals surface area contributed by atoms with Gasteiger partial charge in [-0.25, -0.2) is 4.39 Å². The van der Waals surface area contributed by atoms with Crippen LogP contribution in [0.3, 0.4) is 0 Å². The van der Waals surface area contributed by atoms with Crippen LogP contribution >= 0.6 is 0 Å².